The maximum Gasteiger partial charge on any atom is 0.252 e. The maximum atomic E-state index is 6.28. The Bertz CT molecular complexity index is 6980. The molecule has 7 heterocycles. The van der Waals surface area contributed by atoms with Gasteiger partial charge in [-0.05, 0) is 312 Å². The molecule has 7 aliphatic heterocycles. The molecule has 13 aliphatic rings. The van der Waals surface area contributed by atoms with Gasteiger partial charge in [0.15, 0.2) is 5.84 Å². The number of hydrogen-bond acceptors (Lipinski definition) is 9. The molecule has 722 valence electrons. The number of rotatable bonds is 10. The molecule has 1 fully saturated rings. The Hall–Kier alpha value is -11.5. The predicted octanol–water partition coefficient (Wildman–Crippen LogP) is 29.3. The SMILES string of the molecule is C/C(=C\C=C(/C)C(C)(C)C)N1c2ccc(C(C)(C)C)cc2B2c3cc(C4N=C(c5ccc6c(c5)B5C7=C(C=CCC7N(C7=CCC(C(C)(C)C)CC7)C7C=CC(C(C)(C)C)=CC57)N6C5C=CC(C(C)(C)C)=CC5)N=C(c5ccc6c(c5)B5C7=C(CCC(C(C)(C)C)=C7)N(C7=CCC(C(C)(C)C)C=C7)c7cccc(c75)N6c5ccc(C(C)(C)C)cc5)N4)ccc3N(c3ccc(C(C)(C)C)cc3)c3cccc1c32. The third kappa shape index (κ3) is 16.8. The van der Waals surface area contributed by atoms with Gasteiger partial charge in [-0.1, -0.05) is 344 Å². The van der Waals surface area contributed by atoms with Crippen LogP contribution in [0.4, 0.5) is 56.9 Å². The summed E-state index contributed by atoms with van der Waals surface area (Å²) in [7, 11) is 0. The second-order valence-corrected chi connectivity index (χ2v) is 52.6. The number of anilines is 10. The van der Waals surface area contributed by atoms with E-state index >= 15 is 0 Å². The standard InChI is InChI=1S/C129H152B3N9/c1-79(121(3,4)5)39-40-80(2)136-103-70-54-89(127(21,22)23)76-100(103)130-97-73-81(41-67-104(97)137(110-34-30-33-109(136)115(110)130)92-57-44-84(45-58-92)122(6,7)8)118-133-119(82-42-68-105-98(74-82)131-101-77-90(128(24,25)26)55-71-107(101)140(95-63-50-87(51-64-95)125(15,16)17)113-37-31-35-111(116(113)131)138(105)93-59-46-85(47-60-93)123(9,10)11)135-120(134-118)83-43-69-106-99(75-83)132-102-78-91(129(27,28)29)56-72-108(102)141(96-65-52-88(53-66-96)126(18,19)20)114-38-32-36-112(117(114)132)139(106)94-61-48-86(49-62-94)124(12,13)14/h30-37,39-50,54,56-61,63-65,67-70,72-78,87-88,94,102,108,114,118H,38,51-53,55,62,66,71H2,1-29H3,(H,133,134,135)/b79-39+,80-40+. The summed E-state index contributed by atoms with van der Waals surface area (Å²) in [6.45, 7) is 68.6. The first-order valence-electron chi connectivity index (χ1n) is 53.3. The summed E-state index contributed by atoms with van der Waals surface area (Å²) >= 11 is 0. The first kappa shape index (κ1) is 95.7. The van der Waals surface area contributed by atoms with Gasteiger partial charge in [0, 0.05) is 109 Å². The van der Waals surface area contributed by atoms with E-state index in [1.165, 1.54) is 152 Å². The molecule has 7 atom stereocenters. The molecule has 0 amide bonds. The number of nitrogens with one attached hydrogen (secondary N) is 1. The zero-order valence-corrected chi connectivity index (χ0v) is 90.2. The van der Waals surface area contributed by atoms with E-state index < -0.39 is 6.17 Å². The lowest BCUT2D eigenvalue weighted by Crippen LogP contribution is -2.64. The van der Waals surface area contributed by atoms with Gasteiger partial charge in [-0.3, -0.25) is 0 Å². The van der Waals surface area contributed by atoms with Crippen molar-refractivity contribution in [2.75, 3.05) is 24.5 Å². The van der Waals surface area contributed by atoms with Crippen molar-refractivity contribution in [3.8, 4) is 0 Å². The highest BCUT2D eigenvalue weighted by molar-refractivity contribution is 7.00. The quantitative estimate of drug-likeness (QED) is 0.108. The maximum absolute atomic E-state index is 6.28. The number of nitrogens with zero attached hydrogens (tertiary/aromatic N) is 8. The third-order valence-corrected chi connectivity index (χ3v) is 34.1. The van der Waals surface area contributed by atoms with Gasteiger partial charge in [-0.15, -0.1) is 0 Å². The molecule has 0 spiro atoms. The highest BCUT2D eigenvalue weighted by Crippen LogP contribution is 2.56. The smallest absolute Gasteiger partial charge is 0.252 e. The summed E-state index contributed by atoms with van der Waals surface area (Å²) in [5, 5.41) is 4.34. The molecule has 141 heavy (non-hydrogen) atoms. The van der Waals surface area contributed by atoms with Crippen LogP contribution in [-0.2, 0) is 16.2 Å². The Morgan fingerprint density at radius 2 is 1.05 bits per heavy atom. The van der Waals surface area contributed by atoms with Crippen LogP contribution >= 0.6 is 0 Å². The highest BCUT2D eigenvalue weighted by Gasteiger charge is 2.56. The van der Waals surface area contributed by atoms with Crippen molar-refractivity contribution in [3.05, 3.63) is 344 Å². The molecular weight excluding hydrogens is 1710 g/mol. The van der Waals surface area contributed by atoms with Crippen LogP contribution in [0.1, 0.15) is 292 Å². The molecule has 1 N–H and O–H groups in total. The predicted molar refractivity (Wildman–Crippen MR) is 608 cm³/mol. The average molecular weight is 1860 g/mol. The Morgan fingerprint density at radius 3 is 1.64 bits per heavy atom. The van der Waals surface area contributed by atoms with Gasteiger partial charge >= 0.3 is 0 Å². The Labute approximate surface area is 847 Å². The van der Waals surface area contributed by atoms with E-state index in [1.54, 1.807) is 5.47 Å². The van der Waals surface area contributed by atoms with Gasteiger partial charge in [-0.2, -0.15) is 0 Å². The van der Waals surface area contributed by atoms with E-state index in [2.05, 4.69) is 484 Å². The molecule has 0 radical (unpaired) electrons. The van der Waals surface area contributed by atoms with Gasteiger partial charge in [0.05, 0.1) is 6.04 Å². The number of fused-ring (bicyclic) bond motifs is 11. The van der Waals surface area contributed by atoms with Gasteiger partial charge in [0.2, 0.25) is 6.71 Å². The zero-order valence-electron chi connectivity index (χ0n) is 90.2. The molecule has 21 rings (SSSR count). The van der Waals surface area contributed by atoms with Crippen molar-refractivity contribution in [2.24, 2.45) is 54.3 Å². The lowest BCUT2D eigenvalue weighted by Gasteiger charge is -2.57. The number of hydrogen-bond donors (Lipinski definition) is 1. The molecule has 8 aromatic rings. The number of amidine groups is 2. The van der Waals surface area contributed by atoms with Crippen LogP contribution in [0.3, 0.4) is 0 Å². The fraction of sp³-hybridized carbons (Fsp3) is 0.411. The van der Waals surface area contributed by atoms with E-state index in [9.17, 15) is 0 Å². The molecular formula is C129H152B3N9. The van der Waals surface area contributed by atoms with Gasteiger partial charge in [0.1, 0.15) is 12.0 Å². The van der Waals surface area contributed by atoms with Crippen molar-refractivity contribution in [3.63, 3.8) is 0 Å². The van der Waals surface area contributed by atoms with Crippen molar-refractivity contribution >= 4 is 121 Å². The first-order valence-corrected chi connectivity index (χ1v) is 53.3. The summed E-state index contributed by atoms with van der Waals surface area (Å²) in [6.07, 6.45) is 45.7. The van der Waals surface area contributed by atoms with Crippen molar-refractivity contribution < 1.29 is 0 Å². The fourth-order valence-corrected chi connectivity index (χ4v) is 25.2. The fourth-order valence-electron chi connectivity index (χ4n) is 25.2. The van der Waals surface area contributed by atoms with Gasteiger partial charge in [0.25, 0.3) is 13.4 Å². The van der Waals surface area contributed by atoms with Crippen LogP contribution < -0.4 is 62.6 Å². The zero-order chi connectivity index (χ0) is 99.7. The molecule has 7 unspecified atom stereocenters. The lowest BCUT2D eigenvalue weighted by molar-refractivity contribution is 0.177. The van der Waals surface area contributed by atoms with Crippen LogP contribution in [-0.4, -0.2) is 54.8 Å². The normalized spacial score (nSPS) is 22.3. The topological polar surface area (TPSA) is 56.2 Å². The van der Waals surface area contributed by atoms with Crippen LogP contribution in [0.2, 0.25) is 5.82 Å². The molecule has 6 aliphatic carbocycles. The molecule has 8 aromatic carbocycles. The van der Waals surface area contributed by atoms with E-state index in [-0.39, 0.29) is 92.8 Å². The highest BCUT2D eigenvalue weighted by atomic mass is 15.3. The Kier molecular flexibility index (Phi) is 23.1. The van der Waals surface area contributed by atoms with E-state index in [0.717, 1.165) is 90.4 Å². The van der Waals surface area contributed by atoms with Gasteiger partial charge in [-0.25, -0.2) is 9.98 Å². The molecule has 0 saturated carbocycles. The molecule has 0 aromatic heterocycles. The average Bonchev–Trinajstić information content (AvgIpc) is 0.702. The summed E-state index contributed by atoms with van der Waals surface area (Å²) in [5.74, 6) is 2.71. The van der Waals surface area contributed by atoms with E-state index in [4.69, 9.17) is 9.98 Å². The number of benzene rings is 8. The second-order valence-electron chi connectivity index (χ2n) is 52.6. The largest absolute Gasteiger partial charge is 0.362 e. The monoisotopic (exact) mass is 1860 g/mol. The van der Waals surface area contributed by atoms with Crippen molar-refractivity contribution in [1.82, 2.24) is 10.2 Å². The molecule has 12 heteroatoms. The minimum Gasteiger partial charge on any atom is -0.362 e. The van der Waals surface area contributed by atoms with Crippen LogP contribution in [0, 0.1) is 44.3 Å². The van der Waals surface area contributed by atoms with Crippen LogP contribution in [0.15, 0.2) is 321 Å². The van der Waals surface area contributed by atoms with Crippen molar-refractivity contribution in [1.29, 1.82) is 0 Å². The summed E-state index contributed by atoms with van der Waals surface area (Å²) < 4.78 is 0. The van der Waals surface area contributed by atoms with E-state index in [1.807, 2.05) is 0 Å². The van der Waals surface area contributed by atoms with Crippen LogP contribution in [0.5, 0.6) is 0 Å². The summed E-state index contributed by atoms with van der Waals surface area (Å²) in [4.78, 5) is 28.7. The van der Waals surface area contributed by atoms with Crippen molar-refractivity contribution in [2.45, 2.75) is 299 Å². The third-order valence-electron chi connectivity index (χ3n) is 34.1. The van der Waals surface area contributed by atoms with E-state index in [0.29, 0.717) is 11.8 Å². The second kappa shape index (κ2) is 34.1. The molecule has 9 nitrogen and oxygen atoms in total. The lowest BCUT2D eigenvalue weighted by atomic mass is 9.27. The number of aliphatic imine (C=N–C) groups is 2. The molecule has 1 saturated heterocycles. The Morgan fingerprint density at radius 1 is 0.461 bits per heavy atom. The Balaban J connectivity index is 0.804. The van der Waals surface area contributed by atoms with Crippen LogP contribution in [0.25, 0.3) is 0 Å². The minimum atomic E-state index is -0.609. The molecule has 0 bridgehead atoms. The summed E-state index contributed by atoms with van der Waals surface area (Å²) in [6, 6.07) is 63.4. The summed E-state index contributed by atoms with van der Waals surface area (Å²) in [5.41, 5.74) is 42.0. The number of allylic oxidation sites excluding steroid dienone is 18. The first-order chi connectivity index (χ1) is 66.4. The van der Waals surface area contributed by atoms with Gasteiger partial charge < -0.3 is 34.7 Å². The minimum absolute atomic E-state index is 0.00570.